The van der Waals surface area contributed by atoms with Crippen molar-refractivity contribution in [1.82, 2.24) is 0 Å². The summed E-state index contributed by atoms with van der Waals surface area (Å²) in [6.45, 7) is 5.17. The molecular weight excluding hydrogens is 324 g/mol. The zero-order valence-electron chi connectivity index (χ0n) is 17.4. The fourth-order valence-electron chi connectivity index (χ4n) is 2.65. The Balaban J connectivity index is 3.27. The van der Waals surface area contributed by atoms with Crippen molar-refractivity contribution in [3.8, 4) is 0 Å². The Bertz CT molecular complexity index is 332. The molecule has 0 aliphatic carbocycles. The van der Waals surface area contributed by atoms with Crippen LogP contribution in [0.4, 0.5) is 0 Å². The van der Waals surface area contributed by atoms with Crippen molar-refractivity contribution in [3.63, 3.8) is 0 Å². The maximum Gasteiger partial charge on any atom is 0.0563 e. The van der Waals surface area contributed by atoms with Gasteiger partial charge in [-0.1, -0.05) is 76.7 Å². The molecule has 0 aromatic carbocycles. The molecule has 0 unspecified atom stereocenters. The average Bonchev–Trinajstić information content (AvgIpc) is 2.66. The molecule has 0 saturated heterocycles. The summed E-state index contributed by atoms with van der Waals surface area (Å²) < 4.78 is 5.57. The van der Waals surface area contributed by atoms with Gasteiger partial charge in [-0.05, 0) is 38.5 Å². The topological polar surface area (TPSA) is 49.7 Å². The van der Waals surface area contributed by atoms with Crippen LogP contribution < -0.4 is 0 Å². The van der Waals surface area contributed by atoms with E-state index in [9.17, 15) is 10.2 Å². The van der Waals surface area contributed by atoms with E-state index < -0.39 is 5.41 Å². The zero-order chi connectivity index (χ0) is 19.3. The van der Waals surface area contributed by atoms with E-state index >= 15 is 0 Å². The van der Waals surface area contributed by atoms with Gasteiger partial charge in [-0.2, -0.15) is 0 Å². The maximum atomic E-state index is 9.18. The van der Waals surface area contributed by atoms with E-state index in [1.165, 1.54) is 64.2 Å². The molecule has 0 aliphatic heterocycles. The second kappa shape index (κ2) is 19.1. The number of aliphatic hydroxyl groups excluding tert-OH is 2. The molecule has 0 amide bonds. The van der Waals surface area contributed by atoms with Crippen molar-refractivity contribution in [1.29, 1.82) is 0 Å². The van der Waals surface area contributed by atoms with Gasteiger partial charge in [0.05, 0.1) is 19.8 Å². The standard InChI is InChI=1S/C23H44O3/c1-3-4-5-6-7-8-9-10-11-12-13-14-15-16-17-18-19-26-22-23(2,20-24)21-25/h7-8,10-11,24-25H,3-6,9,12-22H2,1-2H3/b8-7-,11-10-. The van der Waals surface area contributed by atoms with E-state index in [-0.39, 0.29) is 13.2 Å². The molecule has 0 rings (SSSR count). The second-order valence-electron chi connectivity index (χ2n) is 7.76. The lowest BCUT2D eigenvalue weighted by molar-refractivity contribution is -0.0169. The van der Waals surface area contributed by atoms with Crippen LogP contribution >= 0.6 is 0 Å². The molecule has 26 heavy (non-hydrogen) atoms. The van der Waals surface area contributed by atoms with Crippen LogP contribution in [0.2, 0.25) is 0 Å². The molecule has 0 heterocycles. The Kier molecular flexibility index (Phi) is 18.7. The zero-order valence-corrected chi connectivity index (χ0v) is 17.4. The van der Waals surface area contributed by atoms with Gasteiger partial charge in [0.15, 0.2) is 0 Å². The van der Waals surface area contributed by atoms with Crippen molar-refractivity contribution in [2.75, 3.05) is 26.4 Å². The number of hydrogen-bond donors (Lipinski definition) is 2. The van der Waals surface area contributed by atoms with Crippen molar-refractivity contribution in [2.24, 2.45) is 5.41 Å². The number of rotatable bonds is 19. The fraction of sp³-hybridized carbons (Fsp3) is 0.826. The molecule has 3 nitrogen and oxygen atoms in total. The lowest BCUT2D eigenvalue weighted by Gasteiger charge is -2.24. The van der Waals surface area contributed by atoms with Crippen LogP contribution in [-0.2, 0) is 4.74 Å². The predicted molar refractivity (Wildman–Crippen MR) is 112 cm³/mol. The van der Waals surface area contributed by atoms with Crippen molar-refractivity contribution < 1.29 is 14.9 Å². The summed E-state index contributed by atoms with van der Waals surface area (Å²) in [4.78, 5) is 0. The van der Waals surface area contributed by atoms with Gasteiger partial charge in [-0.3, -0.25) is 0 Å². The Labute approximate surface area is 162 Å². The molecule has 2 N–H and O–H groups in total. The number of unbranched alkanes of at least 4 members (excludes halogenated alkanes) is 9. The van der Waals surface area contributed by atoms with E-state index in [1.54, 1.807) is 0 Å². The quantitative estimate of drug-likeness (QED) is 0.223. The smallest absolute Gasteiger partial charge is 0.0563 e. The summed E-state index contributed by atoms with van der Waals surface area (Å²) in [7, 11) is 0. The highest BCUT2D eigenvalue weighted by Crippen LogP contribution is 2.15. The van der Waals surface area contributed by atoms with Crippen LogP contribution in [0, 0.1) is 5.41 Å². The van der Waals surface area contributed by atoms with Crippen LogP contribution in [-0.4, -0.2) is 36.6 Å². The van der Waals surface area contributed by atoms with Crippen LogP contribution in [0.15, 0.2) is 24.3 Å². The summed E-state index contributed by atoms with van der Waals surface area (Å²) in [5.41, 5.74) is -0.502. The summed E-state index contributed by atoms with van der Waals surface area (Å²) in [5.74, 6) is 0. The minimum atomic E-state index is -0.502. The third-order valence-electron chi connectivity index (χ3n) is 4.70. The molecule has 0 spiro atoms. The monoisotopic (exact) mass is 368 g/mol. The molecule has 0 bridgehead atoms. The predicted octanol–water partition coefficient (Wildman–Crippen LogP) is 5.81. The first-order chi connectivity index (χ1) is 12.7. The first-order valence-electron chi connectivity index (χ1n) is 10.8. The summed E-state index contributed by atoms with van der Waals surface area (Å²) in [6.07, 6.45) is 24.2. The first-order valence-corrected chi connectivity index (χ1v) is 10.8. The average molecular weight is 369 g/mol. The molecule has 154 valence electrons. The molecule has 0 fully saturated rings. The van der Waals surface area contributed by atoms with Gasteiger partial charge in [-0.25, -0.2) is 0 Å². The van der Waals surface area contributed by atoms with Crippen LogP contribution in [0.25, 0.3) is 0 Å². The van der Waals surface area contributed by atoms with E-state index in [4.69, 9.17) is 4.74 Å². The molecule has 0 aromatic heterocycles. The Morgan fingerprint density at radius 1 is 0.731 bits per heavy atom. The minimum Gasteiger partial charge on any atom is -0.396 e. The van der Waals surface area contributed by atoms with Crippen LogP contribution in [0.5, 0.6) is 0 Å². The van der Waals surface area contributed by atoms with Crippen molar-refractivity contribution in [3.05, 3.63) is 24.3 Å². The summed E-state index contributed by atoms with van der Waals surface area (Å²) >= 11 is 0. The van der Waals surface area contributed by atoms with Gasteiger partial charge < -0.3 is 14.9 Å². The Morgan fingerprint density at radius 2 is 1.27 bits per heavy atom. The van der Waals surface area contributed by atoms with Gasteiger partial charge in [-0.15, -0.1) is 0 Å². The van der Waals surface area contributed by atoms with E-state index in [2.05, 4.69) is 31.2 Å². The molecule has 0 saturated carbocycles. The molecule has 0 atom stereocenters. The third-order valence-corrected chi connectivity index (χ3v) is 4.70. The molecule has 0 radical (unpaired) electrons. The number of allylic oxidation sites excluding steroid dienone is 4. The third kappa shape index (κ3) is 16.8. The molecular formula is C23H44O3. The largest absolute Gasteiger partial charge is 0.396 e. The van der Waals surface area contributed by atoms with E-state index in [0.717, 1.165) is 19.4 Å². The van der Waals surface area contributed by atoms with Gasteiger partial charge >= 0.3 is 0 Å². The van der Waals surface area contributed by atoms with Gasteiger partial charge in [0.25, 0.3) is 0 Å². The Morgan fingerprint density at radius 3 is 1.85 bits per heavy atom. The molecule has 0 aliphatic rings. The number of ether oxygens (including phenoxy) is 1. The van der Waals surface area contributed by atoms with Gasteiger partial charge in [0, 0.05) is 12.0 Å². The van der Waals surface area contributed by atoms with E-state index in [1.807, 2.05) is 6.92 Å². The molecule has 0 aromatic rings. The maximum absolute atomic E-state index is 9.18. The van der Waals surface area contributed by atoms with Crippen LogP contribution in [0.1, 0.15) is 90.9 Å². The Hall–Kier alpha value is -0.640. The summed E-state index contributed by atoms with van der Waals surface area (Å²) in [6, 6.07) is 0. The minimum absolute atomic E-state index is 0.0345. The molecule has 3 heteroatoms. The highest BCUT2D eigenvalue weighted by Gasteiger charge is 2.22. The lowest BCUT2D eigenvalue weighted by Crippen LogP contribution is -2.31. The normalized spacial score (nSPS) is 12.6. The number of aliphatic hydroxyl groups is 2. The SMILES string of the molecule is CCCCC/C=C\C/C=C\CCCCCCCCOCC(C)(CO)CO. The summed E-state index contributed by atoms with van der Waals surface area (Å²) in [5, 5.41) is 18.4. The number of hydrogen-bond acceptors (Lipinski definition) is 3. The second-order valence-corrected chi connectivity index (χ2v) is 7.76. The van der Waals surface area contributed by atoms with Crippen molar-refractivity contribution >= 4 is 0 Å². The highest BCUT2D eigenvalue weighted by molar-refractivity contribution is 4.92. The first kappa shape index (κ1) is 25.4. The highest BCUT2D eigenvalue weighted by atomic mass is 16.5. The van der Waals surface area contributed by atoms with Crippen LogP contribution in [0.3, 0.4) is 0 Å². The van der Waals surface area contributed by atoms with Gasteiger partial charge in [0.1, 0.15) is 0 Å². The fourth-order valence-corrected chi connectivity index (χ4v) is 2.65. The van der Waals surface area contributed by atoms with Gasteiger partial charge in [0.2, 0.25) is 0 Å². The van der Waals surface area contributed by atoms with Crippen molar-refractivity contribution in [2.45, 2.75) is 90.9 Å². The lowest BCUT2D eigenvalue weighted by atomic mass is 9.94. The van der Waals surface area contributed by atoms with E-state index in [0.29, 0.717) is 6.61 Å².